The smallest absolute Gasteiger partial charge is 0.223 e. The Morgan fingerprint density at radius 2 is 1.93 bits per heavy atom. The largest absolute Gasteiger partial charge is 0.341 e. The molecule has 1 atom stereocenters. The number of amides is 1. The maximum Gasteiger partial charge on any atom is 0.223 e. The van der Waals surface area contributed by atoms with Gasteiger partial charge in [-0.15, -0.1) is 0 Å². The van der Waals surface area contributed by atoms with Gasteiger partial charge >= 0.3 is 0 Å². The summed E-state index contributed by atoms with van der Waals surface area (Å²) in [6, 6.07) is 0. The van der Waals surface area contributed by atoms with Crippen molar-refractivity contribution >= 4 is 5.91 Å². The normalized spacial score (nSPS) is 13.7. The van der Waals surface area contributed by atoms with E-state index in [1.165, 1.54) is 0 Å². The average Bonchev–Trinajstić information content (AvgIpc) is 2.24. The lowest BCUT2D eigenvalue weighted by Gasteiger charge is -2.35. The summed E-state index contributed by atoms with van der Waals surface area (Å²) >= 11 is 0. The zero-order valence-electron chi connectivity index (χ0n) is 10.8. The first-order valence-electron chi connectivity index (χ1n) is 5.85. The van der Waals surface area contributed by atoms with Crippen molar-refractivity contribution in [3.8, 4) is 0 Å². The van der Waals surface area contributed by atoms with Crippen LogP contribution in [0.25, 0.3) is 0 Å². The number of carbonyl (C=O) groups excluding carboxylic acids is 1. The summed E-state index contributed by atoms with van der Waals surface area (Å²) < 4.78 is 0. The van der Waals surface area contributed by atoms with Gasteiger partial charge in [0.25, 0.3) is 0 Å². The highest BCUT2D eigenvalue weighted by Crippen LogP contribution is 2.19. The van der Waals surface area contributed by atoms with E-state index in [-0.39, 0.29) is 11.4 Å². The van der Waals surface area contributed by atoms with Gasteiger partial charge in [0.05, 0.1) is 0 Å². The summed E-state index contributed by atoms with van der Waals surface area (Å²) in [4.78, 5) is 13.8. The van der Waals surface area contributed by atoms with Crippen LogP contribution in [-0.4, -0.2) is 29.9 Å². The molecule has 0 aromatic heterocycles. The first kappa shape index (κ1) is 14.4. The SMILES string of the molecule is CCC(CN)CC(=O)N(C)C(C)(C)CC. The molecule has 0 radical (unpaired) electrons. The van der Waals surface area contributed by atoms with Crippen molar-refractivity contribution in [1.29, 1.82) is 0 Å². The van der Waals surface area contributed by atoms with Crippen LogP contribution in [-0.2, 0) is 4.79 Å². The molecule has 2 N–H and O–H groups in total. The van der Waals surface area contributed by atoms with Crippen molar-refractivity contribution in [2.75, 3.05) is 13.6 Å². The molecular weight excluding hydrogens is 188 g/mol. The molecule has 0 rings (SSSR count). The monoisotopic (exact) mass is 214 g/mol. The fourth-order valence-electron chi connectivity index (χ4n) is 1.35. The van der Waals surface area contributed by atoms with Crippen molar-refractivity contribution < 1.29 is 4.79 Å². The van der Waals surface area contributed by atoms with E-state index in [1.54, 1.807) is 0 Å². The van der Waals surface area contributed by atoms with Crippen molar-refractivity contribution in [3.05, 3.63) is 0 Å². The molecule has 0 saturated heterocycles. The molecule has 90 valence electrons. The Balaban J connectivity index is 4.33. The van der Waals surface area contributed by atoms with Gasteiger partial charge in [0.2, 0.25) is 5.91 Å². The van der Waals surface area contributed by atoms with Crippen LogP contribution in [0, 0.1) is 5.92 Å². The summed E-state index contributed by atoms with van der Waals surface area (Å²) in [5.41, 5.74) is 5.55. The lowest BCUT2D eigenvalue weighted by molar-refractivity contribution is -0.135. The fourth-order valence-corrected chi connectivity index (χ4v) is 1.35. The quantitative estimate of drug-likeness (QED) is 0.735. The van der Waals surface area contributed by atoms with E-state index < -0.39 is 0 Å². The molecule has 1 amide bonds. The Morgan fingerprint density at radius 3 is 2.27 bits per heavy atom. The second kappa shape index (κ2) is 6.11. The number of rotatable bonds is 6. The molecule has 0 saturated carbocycles. The third kappa shape index (κ3) is 4.20. The minimum absolute atomic E-state index is 0.0516. The van der Waals surface area contributed by atoms with Gasteiger partial charge in [0.15, 0.2) is 0 Å². The highest BCUT2D eigenvalue weighted by molar-refractivity contribution is 5.76. The summed E-state index contributed by atoms with van der Waals surface area (Å²) in [5, 5.41) is 0. The van der Waals surface area contributed by atoms with E-state index in [0.29, 0.717) is 18.9 Å². The van der Waals surface area contributed by atoms with Crippen LogP contribution in [0.2, 0.25) is 0 Å². The molecule has 3 nitrogen and oxygen atoms in total. The highest BCUT2D eigenvalue weighted by Gasteiger charge is 2.26. The molecule has 0 bridgehead atoms. The van der Waals surface area contributed by atoms with Gasteiger partial charge in [-0.2, -0.15) is 0 Å². The minimum atomic E-state index is -0.0516. The summed E-state index contributed by atoms with van der Waals surface area (Å²) in [7, 11) is 1.88. The molecule has 0 aliphatic carbocycles. The Labute approximate surface area is 94.0 Å². The van der Waals surface area contributed by atoms with Crippen LogP contribution >= 0.6 is 0 Å². The van der Waals surface area contributed by atoms with Gasteiger partial charge in [0.1, 0.15) is 0 Å². The first-order valence-corrected chi connectivity index (χ1v) is 5.85. The molecule has 15 heavy (non-hydrogen) atoms. The van der Waals surface area contributed by atoms with E-state index in [2.05, 4.69) is 27.7 Å². The number of hydrogen-bond donors (Lipinski definition) is 1. The second-order valence-corrected chi connectivity index (χ2v) is 4.83. The molecule has 0 aliphatic heterocycles. The zero-order valence-corrected chi connectivity index (χ0v) is 10.8. The Bertz CT molecular complexity index is 198. The molecule has 1 unspecified atom stereocenters. The van der Waals surface area contributed by atoms with E-state index in [0.717, 1.165) is 12.8 Å². The highest BCUT2D eigenvalue weighted by atomic mass is 16.2. The van der Waals surface area contributed by atoms with Crippen molar-refractivity contribution in [2.24, 2.45) is 11.7 Å². The topological polar surface area (TPSA) is 46.3 Å². The average molecular weight is 214 g/mol. The number of nitrogens with two attached hydrogens (primary N) is 1. The third-order valence-electron chi connectivity index (χ3n) is 3.52. The summed E-state index contributed by atoms with van der Waals surface area (Å²) in [6.45, 7) is 8.96. The van der Waals surface area contributed by atoms with Gasteiger partial charge in [-0.05, 0) is 32.7 Å². The number of nitrogens with zero attached hydrogens (tertiary/aromatic N) is 1. The van der Waals surface area contributed by atoms with Crippen molar-refractivity contribution in [1.82, 2.24) is 4.90 Å². The second-order valence-electron chi connectivity index (χ2n) is 4.83. The molecule has 0 aromatic carbocycles. The minimum Gasteiger partial charge on any atom is -0.341 e. The van der Waals surface area contributed by atoms with Crippen LogP contribution in [0.4, 0.5) is 0 Å². The van der Waals surface area contributed by atoms with Crippen molar-refractivity contribution in [2.45, 2.75) is 52.5 Å². The van der Waals surface area contributed by atoms with Crippen molar-refractivity contribution in [3.63, 3.8) is 0 Å². The number of hydrogen-bond acceptors (Lipinski definition) is 2. The van der Waals surface area contributed by atoms with E-state index in [1.807, 2.05) is 11.9 Å². The van der Waals surface area contributed by atoms with Gasteiger partial charge < -0.3 is 10.6 Å². The molecule has 0 heterocycles. The van der Waals surface area contributed by atoms with Crippen LogP contribution in [0.15, 0.2) is 0 Å². The summed E-state index contributed by atoms with van der Waals surface area (Å²) in [5.74, 6) is 0.534. The van der Waals surface area contributed by atoms with Gasteiger partial charge in [-0.1, -0.05) is 20.3 Å². The maximum atomic E-state index is 11.9. The van der Waals surface area contributed by atoms with Crippen LogP contribution in [0.3, 0.4) is 0 Å². The van der Waals surface area contributed by atoms with Crippen LogP contribution in [0.1, 0.15) is 47.0 Å². The molecular formula is C12H26N2O. The van der Waals surface area contributed by atoms with E-state index >= 15 is 0 Å². The molecule has 0 fully saturated rings. The molecule has 0 aromatic rings. The fraction of sp³-hybridized carbons (Fsp3) is 0.917. The first-order chi connectivity index (χ1) is 6.88. The zero-order chi connectivity index (χ0) is 12.1. The van der Waals surface area contributed by atoms with Crippen LogP contribution in [0.5, 0.6) is 0 Å². The molecule has 0 spiro atoms. The Hall–Kier alpha value is -0.570. The third-order valence-corrected chi connectivity index (χ3v) is 3.52. The summed E-state index contributed by atoms with van der Waals surface area (Å²) in [6.07, 6.45) is 2.52. The predicted molar refractivity (Wildman–Crippen MR) is 64.6 cm³/mol. The number of carbonyl (C=O) groups is 1. The predicted octanol–water partition coefficient (Wildman–Crippen LogP) is 2.01. The van der Waals surface area contributed by atoms with Gasteiger partial charge in [0, 0.05) is 19.0 Å². The van der Waals surface area contributed by atoms with Crippen LogP contribution < -0.4 is 5.73 Å². The molecule has 3 heteroatoms. The van der Waals surface area contributed by atoms with E-state index in [9.17, 15) is 4.79 Å². The Morgan fingerprint density at radius 1 is 1.40 bits per heavy atom. The Kier molecular flexibility index (Phi) is 5.88. The lowest BCUT2D eigenvalue weighted by Crippen LogP contribution is -2.45. The van der Waals surface area contributed by atoms with Gasteiger partial charge in [-0.25, -0.2) is 0 Å². The molecule has 0 aliphatic rings. The maximum absolute atomic E-state index is 11.9. The standard InChI is InChI=1S/C12H26N2O/c1-6-10(9-13)8-11(15)14(5)12(3,4)7-2/h10H,6-9,13H2,1-5H3. The lowest BCUT2D eigenvalue weighted by atomic mass is 9.96. The van der Waals surface area contributed by atoms with Gasteiger partial charge in [-0.3, -0.25) is 4.79 Å². The van der Waals surface area contributed by atoms with E-state index in [4.69, 9.17) is 5.73 Å².